The second-order valence-corrected chi connectivity index (χ2v) is 7.11. The first-order valence-electron chi connectivity index (χ1n) is 7.67. The van der Waals surface area contributed by atoms with E-state index >= 15 is 0 Å². The molecule has 4 nitrogen and oxygen atoms in total. The molecule has 0 amide bonds. The van der Waals surface area contributed by atoms with Crippen molar-refractivity contribution in [3.05, 3.63) is 46.1 Å². The Morgan fingerprint density at radius 1 is 1.12 bits per heavy atom. The topological polar surface area (TPSA) is 48.4 Å². The second-order valence-electron chi connectivity index (χ2n) is 6.70. The first-order chi connectivity index (χ1) is 11.1. The van der Waals surface area contributed by atoms with Gasteiger partial charge in [-0.05, 0) is 69.5 Å². The van der Waals surface area contributed by atoms with Crippen molar-refractivity contribution in [2.24, 2.45) is 0 Å². The summed E-state index contributed by atoms with van der Waals surface area (Å²) >= 11 is 6.18. The number of methoxy groups -OCH3 is 1. The molecule has 24 heavy (non-hydrogen) atoms. The van der Waals surface area contributed by atoms with Crippen LogP contribution in [-0.2, 0) is 4.74 Å². The predicted octanol–water partition coefficient (Wildman–Crippen LogP) is 4.98. The standard InChI is InChI=1S/C19H22ClNO3/c1-11-7-13(18(22)24-19(3,4)5)8-12(2)16(11)14-9-15(20)17(23-6)21-10-14/h7-10H,1-6H3. The fourth-order valence-corrected chi connectivity index (χ4v) is 2.83. The molecule has 0 fully saturated rings. The van der Waals surface area contributed by atoms with E-state index in [9.17, 15) is 4.79 Å². The molecule has 1 aromatic heterocycles. The fraction of sp³-hybridized carbons (Fsp3) is 0.368. The van der Waals surface area contributed by atoms with Crippen molar-refractivity contribution in [1.82, 2.24) is 4.98 Å². The number of rotatable bonds is 3. The van der Waals surface area contributed by atoms with Crippen LogP contribution >= 0.6 is 11.6 Å². The minimum absolute atomic E-state index is 0.328. The molecule has 0 aliphatic heterocycles. The maximum Gasteiger partial charge on any atom is 0.338 e. The van der Waals surface area contributed by atoms with Crippen molar-refractivity contribution in [2.75, 3.05) is 7.11 Å². The van der Waals surface area contributed by atoms with Gasteiger partial charge in [-0.25, -0.2) is 9.78 Å². The van der Waals surface area contributed by atoms with Gasteiger partial charge in [0, 0.05) is 11.8 Å². The van der Waals surface area contributed by atoms with Gasteiger partial charge in [-0.15, -0.1) is 0 Å². The van der Waals surface area contributed by atoms with E-state index in [1.807, 2.05) is 52.8 Å². The Kier molecular flexibility index (Phi) is 5.19. The molecule has 0 bridgehead atoms. The van der Waals surface area contributed by atoms with Crippen molar-refractivity contribution < 1.29 is 14.3 Å². The summed E-state index contributed by atoms with van der Waals surface area (Å²) in [5.74, 6) is 0.0623. The van der Waals surface area contributed by atoms with E-state index < -0.39 is 5.60 Å². The molecular weight excluding hydrogens is 326 g/mol. The number of pyridine rings is 1. The molecule has 1 aromatic carbocycles. The number of halogens is 1. The lowest BCUT2D eigenvalue weighted by Crippen LogP contribution is -2.24. The van der Waals surface area contributed by atoms with Crippen LogP contribution in [-0.4, -0.2) is 23.7 Å². The number of hydrogen-bond donors (Lipinski definition) is 0. The zero-order valence-electron chi connectivity index (χ0n) is 14.9. The maximum atomic E-state index is 12.3. The van der Waals surface area contributed by atoms with E-state index in [0.29, 0.717) is 16.5 Å². The van der Waals surface area contributed by atoms with Crippen LogP contribution in [0.1, 0.15) is 42.3 Å². The van der Waals surface area contributed by atoms with Gasteiger partial charge in [0.15, 0.2) is 0 Å². The third-order valence-corrected chi connectivity index (χ3v) is 3.73. The van der Waals surface area contributed by atoms with Gasteiger partial charge in [-0.2, -0.15) is 0 Å². The van der Waals surface area contributed by atoms with E-state index in [2.05, 4.69) is 4.98 Å². The molecule has 0 atom stereocenters. The molecule has 0 saturated heterocycles. The minimum Gasteiger partial charge on any atom is -0.480 e. The van der Waals surface area contributed by atoms with Crippen molar-refractivity contribution in [3.8, 4) is 17.0 Å². The zero-order chi connectivity index (χ0) is 18.1. The van der Waals surface area contributed by atoms with E-state index in [0.717, 1.165) is 22.3 Å². The van der Waals surface area contributed by atoms with Gasteiger partial charge in [-0.1, -0.05) is 11.6 Å². The monoisotopic (exact) mass is 347 g/mol. The number of hydrogen-bond acceptors (Lipinski definition) is 4. The van der Waals surface area contributed by atoms with Crippen LogP contribution in [0, 0.1) is 13.8 Å². The Morgan fingerprint density at radius 3 is 2.17 bits per heavy atom. The number of aryl methyl sites for hydroxylation is 2. The molecule has 2 rings (SSSR count). The summed E-state index contributed by atoms with van der Waals surface area (Å²) in [5.41, 5.74) is 3.81. The maximum absolute atomic E-state index is 12.3. The average molecular weight is 348 g/mol. The quantitative estimate of drug-likeness (QED) is 0.734. The molecule has 0 aliphatic rings. The summed E-state index contributed by atoms with van der Waals surface area (Å²) in [5, 5.41) is 0.449. The highest BCUT2D eigenvalue weighted by atomic mass is 35.5. The Hall–Kier alpha value is -2.07. The Balaban J connectivity index is 2.44. The number of benzene rings is 1. The van der Waals surface area contributed by atoms with Crippen molar-refractivity contribution in [1.29, 1.82) is 0 Å². The van der Waals surface area contributed by atoms with Crippen molar-refractivity contribution >= 4 is 17.6 Å². The molecular formula is C19H22ClNO3. The third kappa shape index (κ3) is 4.06. The number of carbonyl (C=O) groups is 1. The Morgan fingerprint density at radius 2 is 1.71 bits per heavy atom. The van der Waals surface area contributed by atoms with Gasteiger partial charge in [0.25, 0.3) is 0 Å². The smallest absolute Gasteiger partial charge is 0.338 e. The summed E-state index contributed by atoms with van der Waals surface area (Å²) in [7, 11) is 1.53. The summed E-state index contributed by atoms with van der Waals surface area (Å²) in [6.45, 7) is 9.46. The van der Waals surface area contributed by atoms with Gasteiger partial charge in [0.2, 0.25) is 5.88 Å². The number of nitrogens with zero attached hydrogens (tertiary/aromatic N) is 1. The lowest BCUT2D eigenvalue weighted by molar-refractivity contribution is 0.00693. The highest BCUT2D eigenvalue weighted by molar-refractivity contribution is 6.32. The van der Waals surface area contributed by atoms with Crippen LogP contribution < -0.4 is 4.74 Å². The van der Waals surface area contributed by atoms with Crippen LogP contribution in [0.3, 0.4) is 0 Å². The number of aromatic nitrogens is 1. The first kappa shape index (κ1) is 18.3. The normalized spacial score (nSPS) is 11.3. The summed E-state index contributed by atoms with van der Waals surface area (Å²) < 4.78 is 10.5. The van der Waals surface area contributed by atoms with E-state index in [1.54, 1.807) is 6.20 Å². The van der Waals surface area contributed by atoms with Crippen LogP contribution in [0.15, 0.2) is 24.4 Å². The van der Waals surface area contributed by atoms with E-state index in [4.69, 9.17) is 21.1 Å². The summed E-state index contributed by atoms with van der Waals surface area (Å²) in [6.07, 6.45) is 1.72. The average Bonchev–Trinajstić information content (AvgIpc) is 2.44. The highest BCUT2D eigenvalue weighted by Crippen LogP contribution is 2.32. The second kappa shape index (κ2) is 6.81. The molecule has 0 saturated carbocycles. The number of ether oxygens (including phenoxy) is 2. The fourth-order valence-electron chi connectivity index (χ4n) is 2.59. The van der Waals surface area contributed by atoms with Crippen LogP contribution in [0.5, 0.6) is 5.88 Å². The lowest BCUT2D eigenvalue weighted by atomic mass is 9.94. The largest absolute Gasteiger partial charge is 0.480 e. The predicted molar refractivity (Wildman–Crippen MR) is 95.9 cm³/mol. The molecule has 2 aromatic rings. The van der Waals surface area contributed by atoms with E-state index in [1.165, 1.54) is 7.11 Å². The van der Waals surface area contributed by atoms with Crippen LogP contribution in [0.25, 0.3) is 11.1 Å². The Bertz CT molecular complexity index is 756. The molecule has 0 aliphatic carbocycles. The molecule has 128 valence electrons. The third-order valence-electron chi connectivity index (χ3n) is 3.46. The molecule has 0 spiro atoms. The van der Waals surface area contributed by atoms with Gasteiger partial charge in [0.05, 0.1) is 12.7 Å². The van der Waals surface area contributed by atoms with Gasteiger partial charge >= 0.3 is 5.97 Å². The minimum atomic E-state index is -0.523. The van der Waals surface area contributed by atoms with Gasteiger partial charge in [0.1, 0.15) is 10.6 Å². The molecule has 1 heterocycles. The lowest BCUT2D eigenvalue weighted by Gasteiger charge is -2.20. The zero-order valence-corrected chi connectivity index (χ0v) is 15.6. The van der Waals surface area contributed by atoms with E-state index in [-0.39, 0.29) is 5.97 Å². The number of carbonyl (C=O) groups excluding carboxylic acids is 1. The summed E-state index contributed by atoms with van der Waals surface area (Å²) in [6, 6.07) is 5.47. The number of esters is 1. The summed E-state index contributed by atoms with van der Waals surface area (Å²) in [4.78, 5) is 16.5. The SMILES string of the molecule is COc1ncc(-c2c(C)cc(C(=O)OC(C)(C)C)cc2C)cc1Cl. The van der Waals surface area contributed by atoms with Crippen LogP contribution in [0.4, 0.5) is 0 Å². The van der Waals surface area contributed by atoms with Crippen molar-refractivity contribution in [3.63, 3.8) is 0 Å². The first-order valence-corrected chi connectivity index (χ1v) is 8.04. The molecule has 0 unspecified atom stereocenters. The van der Waals surface area contributed by atoms with Crippen LogP contribution in [0.2, 0.25) is 5.02 Å². The molecule has 0 radical (unpaired) electrons. The molecule has 0 N–H and O–H groups in total. The van der Waals surface area contributed by atoms with Gasteiger partial charge < -0.3 is 9.47 Å². The highest BCUT2D eigenvalue weighted by Gasteiger charge is 2.20. The Labute approximate surface area is 147 Å². The molecule has 5 heteroatoms. The van der Waals surface area contributed by atoms with Crippen molar-refractivity contribution in [2.45, 2.75) is 40.2 Å². The van der Waals surface area contributed by atoms with Gasteiger partial charge in [-0.3, -0.25) is 0 Å².